The predicted molar refractivity (Wildman–Crippen MR) is 85.2 cm³/mol. The molecule has 0 spiro atoms. The fraction of sp³-hybridized carbons (Fsp3) is 0.375. The second-order valence-corrected chi connectivity index (χ2v) is 5.43. The second kappa shape index (κ2) is 5.99. The van der Waals surface area contributed by atoms with Gasteiger partial charge in [0.2, 0.25) is 0 Å². The van der Waals surface area contributed by atoms with Crippen molar-refractivity contribution in [2.45, 2.75) is 25.7 Å². The third kappa shape index (κ3) is 2.91. The van der Waals surface area contributed by atoms with E-state index in [0.717, 1.165) is 42.5 Å². The molecule has 2 amide bonds. The lowest BCUT2D eigenvalue weighted by atomic mass is 10.1. The summed E-state index contributed by atoms with van der Waals surface area (Å²) in [4.78, 5) is 18.6. The molecule has 0 atom stereocenters. The molecule has 110 valence electrons. The normalized spacial score (nSPS) is 15.7. The van der Waals surface area contributed by atoms with E-state index in [0.29, 0.717) is 5.69 Å². The number of rotatable bonds is 1. The average molecular weight is 284 g/mol. The van der Waals surface area contributed by atoms with E-state index >= 15 is 0 Å². The summed E-state index contributed by atoms with van der Waals surface area (Å²) in [5.41, 5.74) is 8.05. The standard InChI is InChI=1S/C16H20N4O/c17-13-7-8-14(12-6-5-9-18-15(12)13)19-16(21)20-10-3-1-2-4-11-20/h5-9H,1-4,10-11,17H2,(H,19,21). The molecule has 1 aliphatic rings. The number of amides is 2. The minimum atomic E-state index is -0.0353. The first-order valence-corrected chi connectivity index (χ1v) is 7.45. The molecule has 1 fully saturated rings. The SMILES string of the molecule is Nc1ccc(NC(=O)N2CCCCCC2)c2cccnc12. The van der Waals surface area contributed by atoms with E-state index < -0.39 is 0 Å². The lowest BCUT2D eigenvalue weighted by Gasteiger charge is -2.21. The Labute approximate surface area is 124 Å². The molecule has 3 rings (SSSR count). The predicted octanol–water partition coefficient (Wildman–Crippen LogP) is 3.22. The highest BCUT2D eigenvalue weighted by molar-refractivity contribution is 6.04. The Bertz CT molecular complexity index is 648. The summed E-state index contributed by atoms with van der Waals surface area (Å²) in [6.07, 6.45) is 6.28. The first-order valence-electron chi connectivity index (χ1n) is 7.45. The highest BCUT2D eigenvalue weighted by Crippen LogP contribution is 2.26. The van der Waals surface area contributed by atoms with Gasteiger partial charge in [0.15, 0.2) is 0 Å². The van der Waals surface area contributed by atoms with Crippen LogP contribution in [-0.4, -0.2) is 29.0 Å². The summed E-state index contributed by atoms with van der Waals surface area (Å²) in [5, 5.41) is 3.88. The van der Waals surface area contributed by atoms with E-state index in [1.807, 2.05) is 23.1 Å². The van der Waals surface area contributed by atoms with Crippen LogP contribution in [0.3, 0.4) is 0 Å². The zero-order chi connectivity index (χ0) is 14.7. The maximum absolute atomic E-state index is 12.4. The molecule has 0 aliphatic carbocycles. The largest absolute Gasteiger partial charge is 0.397 e. The van der Waals surface area contributed by atoms with E-state index in [4.69, 9.17) is 5.73 Å². The monoisotopic (exact) mass is 284 g/mol. The number of nitrogen functional groups attached to an aromatic ring is 1. The smallest absolute Gasteiger partial charge is 0.321 e. The number of carbonyl (C=O) groups is 1. The van der Waals surface area contributed by atoms with Gasteiger partial charge in [-0.2, -0.15) is 0 Å². The topological polar surface area (TPSA) is 71.2 Å². The van der Waals surface area contributed by atoms with Crippen LogP contribution in [0.4, 0.5) is 16.2 Å². The number of nitrogens with two attached hydrogens (primary N) is 1. The van der Waals surface area contributed by atoms with Crippen LogP contribution in [-0.2, 0) is 0 Å². The zero-order valence-electron chi connectivity index (χ0n) is 12.0. The van der Waals surface area contributed by atoms with Crippen molar-refractivity contribution in [2.75, 3.05) is 24.1 Å². The molecule has 1 saturated heterocycles. The van der Waals surface area contributed by atoms with Gasteiger partial charge in [0.1, 0.15) is 0 Å². The molecule has 21 heavy (non-hydrogen) atoms. The van der Waals surface area contributed by atoms with E-state index in [1.54, 1.807) is 12.3 Å². The van der Waals surface area contributed by atoms with Crippen LogP contribution in [0.25, 0.3) is 10.9 Å². The van der Waals surface area contributed by atoms with E-state index in [1.165, 1.54) is 12.8 Å². The van der Waals surface area contributed by atoms with Crippen LogP contribution in [0.1, 0.15) is 25.7 Å². The number of carbonyl (C=O) groups excluding carboxylic acids is 1. The highest BCUT2D eigenvalue weighted by atomic mass is 16.2. The maximum atomic E-state index is 12.4. The Morgan fingerprint density at radius 3 is 2.67 bits per heavy atom. The summed E-state index contributed by atoms with van der Waals surface area (Å²) < 4.78 is 0. The summed E-state index contributed by atoms with van der Waals surface area (Å²) in [5.74, 6) is 0. The number of urea groups is 1. The van der Waals surface area contributed by atoms with Crippen molar-refractivity contribution in [3.05, 3.63) is 30.5 Å². The number of nitrogens with one attached hydrogen (secondary N) is 1. The number of nitrogens with zero attached hydrogens (tertiary/aromatic N) is 2. The van der Waals surface area contributed by atoms with Crippen molar-refractivity contribution in [1.29, 1.82) is 0 Å². The number of hydrogen-bond acceptors (Lipinski definition) is 3. The molecule has 1 aliphatic heterocycles. The summed E-state index contributed by atoms with van der Waals surface area (Å²) >= 11 is 0. The molecule has 1 aromatic carbocycles. The van der Waals surface area contributed by atoms with Crippen LogP contribution in [0.5, 0.6) is 0 Å². The maximum Gasteiger partial charge on any atom is 0.321 e. The fourth-order valence-electron chi connectivity index (χ4n) is 2.77. The summed E-state index contributed by atoms with van der Waals surface area (Å²) in [7, 11) is 0. The van der Waals surface area contributed by atoms with Crippen molar-refractivity contribution >= 4 is 28.3 Å². The number of hydrogen-bond donors (Lipinski definition) is 2. The van der Waals surface area contributed by atoms with Crippen molar-refractivity contribution in [2.24, 2.45) is 0 Å². The summed E-state index contributed by atoms with van der Waals surface area (Å²) in [6, 6.07) is 7.37. The first kappa shape index (κ1) is 13.7. The molecule has 0 saturated carbocycles. The van der Waals surface area contributed by atoms with Gasteiger partial charge < -0.3 is 16.0 Å². The number of likely N-dealkylation sites (tertiary alicyclic amines) is 1. The fourth-order valence-corrected chi connectivity index (χ4v) is 2.77. The number of benzene rings is 1. The third-order valence-electron chi connectivity index (χ3n) is 3.94. The highest BCUT2D eigenvalue weighted by Gasteiger charge is 2.16. The first-order chi connectivity index (χ1) is 10.3. The Hall–Kier alpha value is -2.30. The van der Waals surface area contributed by atoms with Gasteiger partial charge in [-0.25, -0.2) is 4.79 Å². The number of anilines is 2. The Kier molecular flexibility index (Phi) is 3.90. The molecule has 1 aromatic heterocycles. The van der Waals surface area contributed by atoms with Crippen LogP contribution in [0.15, 0.2) is 30.5 Å². The van der Waals surface area contributed by atoms with Gasteiger partial charge >= 0.3 is 6.03 Å². The number of pyridine rings is 1. The minimum Gasteiger partial charge on any atom is -0.397 e. The van der Waals surface area contributed by atoms with Gasteiger partial charge in [-0.15, -0.1) is 0 Å². The average Bonchev–Trinajstić information content (AvgIpc) is 2.79. The molecular formula is C16H20N4O. The van der Waals surface area contributed by atoms with Crippen molar-refractivity contribution < 1.29 is 4.79 Å². The molecule has 5 heteroatoms. The lowest BCUT2D eigenvalue weighted by Crippen LogP contribution is -2.35. The van der Waals surface area contributed by atoms with Gasteiger partial charge in [-0.1, -0.05) is 12.8 Å². The molecule has 5 nitrogen and oxygen atoms in total. The molecular weight excluding hydrogens is 264 g/mol. The molecule has 0 unspecified atom stereocenters. The van der Waals surface area contributed by atoms with E-state index in [2.05, 4.69) is 10.3 Å². The van der Waals surface area contributed by atoms with E-state index in [-0.39, 0.29) is 6.03 Å². The van der Waals surface area contributed by atoms with Gasteiger partial charge in [0.05, 0.1) is 16.9 Å². The van der Waals surface area contributed by atoms with Crippen molar-refractivity contribution in [3.8, 4) is 0 Å². The molecule has 0 radical (unpaired) electrons. The third-order valence-corrected chi connectivity index (χ3v) is 3.94. The molecule has 0 bridgehead atoms. The Morgan fingerprint density at radius 1 is 1.14 bits per heavy atom. The number of fused-ring (bicyclic) bond motifs is 1. The van der Waals surface area contributed by atoms with Crippen molar-refractivity contribution in [3.63, 3.8) is 0 Å². The van der Waals surface area contributed by atoms with Crippen molar-refractivity contribution in [1.82, 2.24) is 9.88 Å². The van der Waals surface area contributed by atoms with Crippen LogP contribution >= 0.6 is 0 Å². The quantitative estimate of drug-likeness (QED) is 0.790. The second-order valence-electron chi connectivity index (χ2n) is 5.43. The zero-order valence-corrected chi connectivity index (χ0v) is 12.0. The summed E-state index contributed by atoms with van der Waals surface area (Å²) in [6.45, 7) is 1.66. The molecule has 3 N–H and O–H groups in total. The van der Waals surface area contributed by atoms with Gasteiger partial charge in [0, 0.05) is 24.7 Å². The Morgan fingerprint density at radius 2 is 1.90 bits per heavy atom. The van der Waals surface area contributed by atoms with Gasteiger partial charge in [0.25, 0.3) is 0 Å². The van der Waals surface area contributed by atoms with Crippen LogP contribution in [0, 0.1) is 0 Å². The number of aromatic nitrogens is 1. The minimum absolute atomic E-state index is 0.0353. The van der Waals surface area contributed by atoms with E-state index in [9.17, 15) is 4.79 Å². The lowest BCUT2D eigenvalue weighted by molar-refractivity contribution is 0.214. The molecule has 2 aromatic rings. The van der Waals surface area contributed by atoms with Crippen LogP contribution in [0.2, 0.25) is 0 Å². The van der Waals surface area contributed by atoms with Gasteiger partial charge in [-0.3, -0.25) is 4.98 Å². The van der Waals surface area contributed by atoms with Gasteiger partial charge in [-0.05, 0) is 37.1 Å². The Balaban J connectivity index is 1.84. The van der Waals surface area contributed by atoms with Crippen LogP contribution < -0.4 is 11.1 Å². The molecule has 2 heterocycles.